The van der Waals surface area contributed by atoms with Crippen molar-refractivity contribution in [1.29, 1.82) is 0 Å². The van der Waals surface area contributed by atoms with E-state index in [1.165, 1.54) is 0 Å². The Labute approximate surface area is 217 Å². The van der Waals surface area contributed by atoms with Crippen LogP contribution in [0.4, 0.5) is 0 Å². The molecule has 36 heavy (non-hydrogen) atoms. The first-order valence-corrected chi connectivity index (χ1v) is 13.7. The minimum atomic E-state index is -0.797. The van der Waals surface area contributed by atoms with E-state index in [0.29, 0.717) is 39.0 Å². The van der Waals surface area contributed by atoms with Gasteiger partial charge in [0, 0.05) is 44.6 Å². The van der Waals surface area contributed by atoms with Crippen LogP contribution in [-0.2, 0) is 20.9 Å². The highest BCUT2D eigenvalue weighted by molar-refractivity contribution is 8.02. The molecule has 5 rings (SSSR count). The van der Waals surface area contributed by atoms with E-state index in [0.717, 1.165) is 12.0 Å². The van der Waals surface area contributed by atoms with E-state index in [4.69, 9.17) is 0 Å². The van der Waals surface area contributed by atoms with Crippen LogP contribution in [-0.4, -0.2) is 86.4 Å². The van der Waals surface area contributed by atoms with Gasteiger partial charge in [-0.05, 0) is 31.7 Å². The maximum Gasteiger partial charge on any atom is 0.247 e. The second kappa shape index (κ2) is 9.71. The molecule has 0 radical (unpaired) electrons. The smallest absolute Gasteiger partial charge is 0.247 e. The Kier molecular flexibility index (Phi) is 6.76. The minimum Gasteiger partial charge on any atom is -0.396 e. The van der Waals surface area contributed by atoms with Crippen molar-refractivity contribution in [2.24, 2.45) is 11.8 Å². The summed E-state index contributed by atoms with van der Waals surface area (Å²) in [4.78, 5) is 47.3. The van der Waals surface area contributed by atoms with Crippen LogP contribution in [0.15, 0.2) is 54.6 Å². The number of amides is 3. The Morgan fingerprint density at radius 1 is 0.944 bits per heavy atom. The molecule has 3 amide bonds. The second-order valence-electron chi connectivity index (χ2n) is 10.5. The summed E-state index contributed by atoms with van der Waals surface area (Å²) in [5.74, 6) is -1.30. The van der Waals surface area contributed by atoms with Crippen molar-refractivity contribution in [3.63, 3.8) is 0 Å². The number of hydrogen-bond acceptors (Lipinski definition) is 5. The Morgan fingerprint density at radius 3 is 2.44 bits per heavy atom. The van der Waals surface area contributed by atoms with Crippen LogP contribution in [0, 0.1) is 11.8 Å². The standard InChI is InChI=1S/C28H35N3O4S/c1-27-13-9-15-29(2)24(33)21(27)22-25(34)31(17-7-4-8-18-32)23-26(35)30(16-10-14-28(22,23)36-27)19-20-11-5-3-6-12-20/h3,5-6,9-14,21-23,32H,4,7-8,15-19H2,1-2H3/t21-,22-,23?,27+,28-/m0/s1. The first-order valence-electron chi connectivity index (χ1n) is 12.9. The van der Waals surface area contributed by atoms with Crippen molar-refractivity contribution in [2.75, 3.05) is 33.3 Å². The molecule has 2 fully saturated rings. The molecule has 1 aromatic rings. The number of carbonyl (C=O) groups excluding carboxylic acids is 3. The molecule has 1 unspecified atom stereocenters. The molecule has 8 heteroatoms. The van der Waals surface area contributed by atoms with E-state index in [2.05, 4.69) is 12.2 Å². The molecule has 0 aromatic heterocycles. The molecule has 7 nitrogen and oxygen atoms in total. The molecule has 0 aliphatic carbocycles. The Balaban J connectivity index is 1.55. The highest BCUT2D eigenvalue weighted by Gasteiger charge is 2.73. The van der Waals surface area contributed by atoms with Crippen molar-refractivity contribution in [3.05, 3.63) is 60.2 Å². The van der Waals surface area contributed by atoms with Gasteiger partial charge < -0.3 is 19.8 Å². The summed E-state index contributed by atoms with van der Waals surface area (Å²) in [6.07, 6.45) is 10.3. The lowest BCUT2D eigenvalue weighted by atomic mass is 9.74. The van der Waals surface area contributed by atoms with E-state index < -0.39 is 27.4 Å². The van der Waals surface area contributed by atoms with Crippen LogP contribution in [0.1, 0.15) is 31.7 Å². The Hall–Kier alpha value is -2.58. The van der Waals surface area contributed by atoms with Crippen molar-refractivity contribution < 1.29 is 19.5 Å². The summed E-state index contributed by atoms with van der Waals surface area (Å²) in [6.45, 7) is 4.07. The number of fused-ring (bicyclic) bond motifs is 2. The van der Waals surface area contributed by atoms with Crippen molar-refractivity contribution in [2.45, 2.75) is 48.3 Å². The maximum absolute atomic E-state index is 14.3. The number of nitrogens with zero attached hydrogens (tertiary/aromatic N) is 3. The third-order valence-electron chi connectivity index (χ3n) is 8.12. The second-order valence-corrected chi connectivity index (χ2v) is 12.3. The van der Waals surface area contributed by atoms with Crippen molar-refractivity contribution >= 4 is 29.5 Å². The number of rotatable bonds is 7. The first kappa shape index (κ1) is 25.1. The van der Waals surface area contributed by atoms with Gasteiger partial charge in [0.1, 0.15) is 6.04 Å². The summed E-state index contributed by atoms with van der Waals surface area (Å²) < 4.78 is -1.36. The van der Waals surface area contributed by atoms with Gasteiger partial charge in [-0.25, -0.2) is 0 Å². The highest BCUT2D eigenvalue weighted by atomic mass is 32.2. The normalized spacial score (nSPS) is 33.5. The highest BCUT2D eigenvalue weighted by Crippen LogP contribution is 2.65. The largest absolute Gasteiger partial charge is 0.396 e. The summed E-state index contributed by atoms with van der Waals surface area (Å²) in [7, 11) is 1.79. The number of hydrogen-bond donors (Lipinski definition) is 1. The number of likely N-dealkylation sites (N-methyl/N-ethyl adjacent to an activating group) is 1. The number of thioether (sulfide) groups is 1. The number of aliphatic hydroxyl groups is 1. The molecule has 0 saturated carbocycles. The average Bonchev–Trinajstić information content (AvgIpc) is 3.14. The van der Waals surface area contributed by atoms with E-state index in [1.54, 1.807) is 28.6 Å². The number of likely N-dealkylation sites (tertiary alicyclic amines) is 1. The predicted molar refractivity (Wildman–Crippen MR) is 140 cm³/mol. The molecular formula is C28H35N3O4S. The van der Waals surface area contributed by atoms with Gasteiger partial charge in [0.15, 0.2) is 0 Å². The number of carbonyl (C=O) groups is 3. The summed E-state index contributed by atoms with van der Waals surface area (Å²) in [5.41, 5.74) is 1.04. The van der Waals surface area contributed by atoms with Gasteiger partial charge in [-0.1, -0.05) is 54.6 Å². The summed E-state index contributed by atoms with van der Waals surface area (Å²) >= 11 is 1.62. The zero-order valence-corrected chi connectivity index (χ0v) is 21.8. The molecule has 4 aliphatic heterocycles. The van der Waals surface area contributed by atoms with Gasteiger partial charge in [-0.3, -0.25) is 14.4 Å². The van der Waals surface area contributed by atoms with Crippen LogP contribution in [0.5, 0.6) is 0 Å². The average molecular weight is 510 g/mol. The van der Waals surface area contributed by atoms with Gasteiger partial charge in [0.05, 0.1) is 16.6 Å². The molecule has 1 aromatic carbocycles. The molecule has 4 heterocycles. The fourth-order valence-corrected chi connectivity index (χ4v) is 8.60. The quantitative estimate of drug-likeness (QED) is 0.451. The van der Waals surface area contributed by atoms with E-state index in [9.17, 15) is 19.5 Å². The van der Waals surface area contributed by atoms with Gasteiger partial charge in [0.25, 0.3) is 0 Å². The van der Waals surface area contributed by atoms with E-state index in [-0.39, 0.29) is 24.3 Å². The Morgan fingerprint density at radius 2 is 1.69 bits per heavy atom. The molecule has 2 saturated heterocycles. The fourth-order valence-electron chi connectivity index (χ4n) is 6.45. The number of unbranched alkanes of at least 4 members (excludes halogenated alkanes) is 2. The van der Waals surface area contributed by atoms with Gasteiger partial charge in [0.2, 0.25) is 17.7 Å². The molecule has 1 N–H and O–H groups in total. The first-order chi connectivity index (χ1) is 17.3. The molecule has 5 atom stereocenters. The van der Waals surface area contributed by atoms with Gasteiger partial charge in [-0.2, -0.15) is 0 Å². The molecule has 0 bridgehead atoms. The SMILES string of the molecule is CN1CC=C[C@@]2(C)S[C@]34C=CCN(Cc5ccccc5)C(=O)C3N(CCCCCO)C(=O)[C@@H]4[C@H]2C1=O. The predicted octanol–water partition coefficient (Wildman–Crippen LogP) is 2.46. The molecule has 1 spiro atoms. The summed E-state index contributed by atoms with van der Waals surface area (Å²) in [5, 5.41) is 9.22. The Bertz CT molecular complexity index is 1090. The van der Waals surface area contributed by atoms with Crippen molar-refractivity contribution in [3.8, 4) is 0 Å². The number of benzene rings is 1. The number of aliphatic hydroxyl groups excluding tert-OH is 1. The van der Waals surface area contributed by atoms with Gasteiger partial charge in [-0.15, -0.1) is 11.8 Å². The zero-order chi connectivity index (χ0) is 25.5. The lowest BCUT2D eigenvalue weighted by Crippen LogP contribution is -2.53. The van der Waals surface area contributed by atoms with Crippen LogP contribution >= 0.6 is 11.8 Å². The lowest BCUT2D eigenvalue weighted by Gasteiger charge is -2.37. The lowest BCUT2D eigenvalue weighted by molar-refractivity contribution is -0.144. The third kappa shape index (κ3) is 3.98. The molecule has 4 aliphatic rings. The third-order valence-corrected chi connectivity index (χ3v) is 9.91. The zero-order valence-electron chi connectivity index (χ0n) is 21.0. The summed E-state index contributed by atoms with van der Waals surface area (Å²) in [6, 6.07) is 9.25. The maximum atomic E-state index is 14.3. The van der Waals surface area contributed by atoms with Crippen LogP contribution < -0.4 is 0 Å². The van der Waals surface area contributed by atoms with Crippen LogP contribution in [0.3, 0.4) is 0 Å². The molecular weight excluding hydrogens is 474 g/mol. The minimum absolute atomic E-state index is 0.0302. The topological polar surface area (TPSA) is 81.2 Å². The van der Waals surface area contributed by atoms with E-state index in [1.807, 2.05) is 54.3 Å². The van der Waals surface area contributed by atoms with Crippen LogP contribution in [0.25, 0.3) is 0 Å². The monoisotopic (exact) mass is 509 g/mol. The fraction of sp³-hybridized carbons (Fsp3) is 0.536. The van der Waals surface area contributed by atoms with Gasteiger partial charge >= 0.3 is 0 Å². The van der Waals surface area contributed by atoms with E-state index >= 15 is 0 Å². The van der Waals surface area contributed by atoms with Crippen LogP contribution in [0.2, 0.25) is 0 Å². The van der Waals surface area contributed by atoms with Crippen molar-refractivity contribution in [1.82, 2.24) is 14.7 Å². The molecule has 192 valence electrons.